The Balaban J connectivity index is 1.68. The van der Waals surface area contributed by atoms with Gasteiger partial charge in [0.2, 0.25) is 0 Å². The normalized spacial score (nSPS) is 13.1. The van der Waals surface area contributed by atoms with Crippen molar-refractivity contribution in [2.24, 2.45) is 0 Å². The molecule has 3 rings (SSSR count). The Bertz CT molecular complexity index is 768. The van der Waals surface area contributed by atoms with Crippen LogP contribution in [0.1, 0.15) is 20.7 Å². The SMILES string of the molecule is O=C1c2ccccc2C(=O)N1CCOc1ccccc1[N+](=O)[O-]. The van der Waals surface area contributed by atoms with Crippen molar-refractivity contribution in [1.29, 1.82) is 0 Å². The molecule has 0 atom stereocenters. The monoisotopic (exact) mass is 312 g/mol. The second-order valence-corrected chi connectivity index (χ2v) is 4.88. The van der Waals surface area contributed by atoms with Gasteiger partial charge in [0.15, 0.2) is 5.75 Å². The lowest BCUT2D eigenvalue weighted by Crippen LogP contribution is -2.33. The predicted molar refractivity (Wildman–Crippen MR) is 80.4 cm³/mol. The van der Waals surface area contributed by atoms with Crippen molar-refractivity contribution in [3.8, 4) is 5.75 Å². The Morgan fingerprint density at radius 2 is 1.52 bits per heavy atom. The Hall–Kier alpha value is -3.22. The van der Waals surface area contributed by atoms with Crippen molar-refractivity contribution in [1.82, 2.24) is 4.90 Å². The van der Waals surface area contributed by atoms with Gasteiger partial charge in [-0.3, -0.25) is 24.6 Å². The molecule has 7 heteroatoms. The highest BCUT2D eigenvalue weighted by molar-refractivity contribution is 6.21. The van der Waals surface area contributed by atoms with E-state index >= 15 is 0 Å². The number of nitrogens with zero attached hydrogens (tertiary/aromatic N) is 2. The molecule has 0 saturated carbocycles. The number of imide groups is 1. The maximum Gasteiger partial charge on any atom is 0.310 e. The molecule has 2 aromatic carbocycles. The minimum Gasteiger partial charge on any atom is -0.485 e. The van der Waals surface area contributed by atoms with Crippen molar-refractivity contribution in [3.05, 3.63) is 69.8 Å². The van der Waals surface area contributed by atoms with Crippen LogP contribution in [0.15, 0.2) is 48.5 Å². The summed E-state index contributed by atoms with van der Waals surface area (Å²) in [7, 11) is 0. The molecule has 0 aromatic heterocycles. The van der Waals surface area contributed by atoms with Crippen molar-refractivity contribution < 1.29 is 19.2 Å². The Kier molecular flexibility index (Phi) is 3.76. The van der Waals surface area contributed by atoms with E-state index in [1.54, 1.807) is 30.3 Å². The second-order valence-electron chi connectivity index (χ2n) is 4.88. The highest BCUT2D eigenvalue weighted by Gasteiger charge is 2.34. The summed E-state index contributed by atoms with van der Waals surface area (Å²) in [5.41, 5.74) is 0.571. The number of rotatable bonds is 5. The third kappa shape index (κ3) is 2.64. The van der Waals surface area contributed by atoms with Crippen LogP contribution in [0.4, 0.5) is 5.69 Å². The van der Waals surface area contributed by atoms with Gasteiger partial charge >= 0.3 is 5.69 Å². The zero-order chi connectivity index (χ0) is 16.4. The van der Waals surface area contributed by atoms with Crippen LogP contribution >= 0.6 is 0 Å². The van der Waals surface area contributed by atoms with Crippen LogP contribution in [0, 0.1) is 10.1 Å². The van der Waals surface area contributed by atoms with Gasteiger partial charge in [-0.1, -0.05) is 24.3 Å². The summed E-state index contributed by atoms with van der Waals surface area (Å²) in [5.74, 6) is -0.650. The van der Waals surface area contributed by atoms with Gasteiger partial charge in [-0.25, -0.2) is 0 Å². The van der Waals surface area contributed by atoms with E-state index in [-0.39, 0.29) is 36.4 Å². The molecule has 0 spiro atoms. The summed E-state index contributed by atoms with van der Waals surface area (Å²) in [4.78, 5) is 35.8. The van der Waals surface area contributed by atoms with Crippen molar-refractivity contribution in [2.45, 2.75) is 0 Å². The fraction of sp³-hybridized carbons (Fsp3) is 0.125. The van der Waals surface area contributed by atoms with Gasteiger partial charge in [-0.05, 0) is 18.2 Å². The number of amides is 2. The molecule has 0 bridgehead atoms. The quantitative estimate of drug-likeness (QED) is 0.480. The standard InChI is InChI=1S/C16H12N2O5/c19-15-11-5-1-2-6-12(11)16(20)17(15)9-10-23-14-8-4-3-7-13(14)18(21)22/h1-8H,9-10H2. The van der Waals surface area contributed by atoms with Crippen LogP contribution in [-0.2, 0) is 0 Å². The average molecular weight is 312 g/mol. The summed E-state index contributed by atoms with van der Waals surface area (Å²) < 4.78 is 5.37. The van der Waals surface area contributed by atoms with Crippen molar-refractivity contribution >= 4 is 17.5 Å². The third-order valence-electron chi connectivity index (χ3n) is 3.51. The van der Waals surface area contributed by atoms with E-state index in [9.17, 15) is 19.7 Å². The molecule has 7 nitrogen and oxygen atoms in total. The maximum atomic E-state index is 12.2. The van der Waals surface area contributed by atoms with Gasteiger partial charge in [0, 0.05) is 6.07 Å². The molecule has 1 heterocycles. The summed E-state index contributed by atoms with van der Waals surface area (Å²) >= 11 is 0. The van der Waals surface area contributed by atoms with E-state index in [0.717, 1.165) is 4.90 Å². The number of para-hydroxylation sites is 2. The smallest absolute Gasteiger partial charge is 0.310 e. The van der Waals surface area contributed by atoms with Gasteiger partial charge in [-0.2, -0.15) is 0 Å². The predicted octanol–water partition coefficient (Wildman–Crippen LogP) is 2.27. The Morgan fingerprint density at radius 1 is 0.957 bits per heavy atom. The number of hydrogen-bond donors (Lipinski definition) is 0. The molecule has 0 fully saturated rings. The molecule has 116 valence electrons. The Morgan fingerprint density at radius 3 is 2.13 bits per heavy atom. The number of fused-ring (bicyclic) bond motifs is 1. The number of carbonyl (C=O) groups excluding carboxylic acids is 2. The van der Waals surface area contributed by atoms with E-state index < -0.39 is 4.92 Å². The van der Waals surface area contributed by atoms with Crippen LogP contribution in [-0.4, -0.2) is 34.8 Å². The second kappa shape index (κ2) is 5.88. The minimum atomic E-state index is -0.544. The first-order valence-corrected chi connectivity index (χ1v) is 6.91. The summed E-state index contributed by atoms with van der Waals surface area (Å²) in [6.45, 7) is 0.00865. The van der Waals surface area contributed by atoms with Crippen LogP contribution in [0.5, 0.6) is 5.75 Å². The number of benzene rings is 2. The largest absolute Gasteiger partial charge is 0.485 e. The van der Waals surface area contributed by atoms with Crippen LogP contribution in [0.25, 0.3) is 0 Å². The highest BCUT2D eigenvalue weighted by Crippen LogP contribution is 2.26. The maximum absolute atomic E-state index is 12.2. The lowest BCUT2D eigenvalue weighted by atomic mass is 10.1. The lowest BCUT2D eigenvalue weighted by Gasteiger charge is -2.14. The summed E-state index contributed by atoms with van der Waals surface area (Å²) in [6.07, 6.45) is 0. The van der Waals surface area contributed by atoms with E-state index in [2.05, 4.69) is 0 Å². The number of nitro groups is 1. The van der Waals surface area contributed by atoms with Gasteiger partial charge in [-0.15, -0.1) is 0 Å². The molecule has 0 aliphatic carbocycles. The molecule has 0 unspecified atom stereocenters. The molecular formula is C16H12N2O5. The Labute approximate surface area is 131 Å². The first-order valence-electron chi connectivity index (χ1n) is 6.91. The summed E-state index contributed by atoms with van der Waals surface area (Å²) in [5, 5.41) is 10.9. The number of hydrogen-bond acceptors (Lipinski definition) is 5. The number of carbonyl (C=O) groups is 2. The molecule has 1 aliphatic heterocycles. The number of nitro benzene ring substituents is 1. The van der Waals surface area contributed by atoms with E-state index in [0.29, 0.717) is 11.1 Å². The zero-order valence-corrected chi connectivity index (χ0v) is 12.0. The van der Waals surface area contributed by atoms with Gasteiger partial charge in [0.05, 0.1) is 22.6 Å². The lowest BCUT2D eigenvalue weighted by molar-refractivity contribution is -0.385. The van der Waals surface area contributed by atoms with Gasteiger partial charge < -0.3 is 4.74 Å². The molecule has 1 aliphatic rings. The van der Waals surface area contributed by atoms with Gasteiger partial charge in [0.1, 0.15) is 6.61 Å². The third-order valence-corrected chi connectivity index (χ3v) is 3.51. The van der Waals surface area contributed by atoms with Crippen molar-refractivity contribution in [3.63, 3.8) is 0 Å². The van der Waals surface area contributed by atoms with Crippen LogP contribution in [0.2, 0.25) is 0 Å². The summed E-state index contributed by atoms with van der Waals surface area (Å²) in [6, 6.07) is 12.5. The van der Waals surface area contributed by atoms with Crippen molar-refractivity contribution in [2.75, 3.05) is 13.2 Å². The van der Waals surface area contributed by atoms with Crippen LogP contribution in [0.3, 0.4) is 0 Å². The molecular weight excluding hydrogens is 300 g/mol. The highest BCUT2D eigenvalue weighted by atomic mass is 16.6. The molecule has 23 heavy (non-hydrogen) atoms. The van der Waals surface area contributed by atoms with E-state index in [1.165, 1.54) is 18.2 Å². The molecule has 0 radical (unpaired) electrons. The fourth-order valence-electron chi connectivity index (χ4n) is 2.42. The molecule has 0 saturated heterocycles. The van der Waals surface area contributed by atoms with E-state index in [1.807, 2.05) is 0 Å². The zero-order valence-electron chi connectivity index (χ0n) is 12.0. The average Bonchev–Trinajstić information content (AvgIpc) is 2.80. The van der Waals surface area contributed by atoms with E-state index in [4.69, 9.17) is 4.74 Å². The minimum absolute atomic E-state index is 0.0175. The van der Waals surface area contributed by atoms with Gasteiger partial charge in [0.25, 0.3) is 11.8 Å². The first-order chi connectivity index (χ1) is 11.1. The topological polar surface area (TPSA) is 89.8 Å². The number of ether oxygens (including phenoxy) is 1. The van der Waals surface area contributed by atoms with Crippen LogP contribution < -0.4 is 4.74 Å². The molecule has 0 N–H and O–H groups in total. The fourth-order valence-corrected chi connectivity index (χ4v) is 2.42. The molecule has 2 aromatic rings. The first kappa shape index (κ1) is 14.7. The molecule has 2 amide bonds.